The number of rotatable bonds is 6. The Balaban J connectivity index is 2.44. The Kier molecular flexibility index (Phi) is 7.22. The van der Waals surface area contributed by atoms with Gasteiger partial charge in [0, 0.05) is 25.2 Å². The minimum Gasteiger partial charge on any atom is -0.465 e. The van der Waals surface area contributed by atoms with Crippen LogP contribution < -0.4 is 0 Å². The van der Waals surface area contributed by atoms with Crippen LogP contribution in [0.5, 0.6) is 0 Å². The summed E-state index contributed by atoms with van der Waals surface area (Å²) in [5, 5.41) is 0. The number of piperidine rings is 1. The summed E-state index contributed by atoms with van der Waals surface area (Å²) in [6.45, 7) is 4.21. The van der Waals surface area contributed by atoms with E-state index in [0.29, 0.717) is 13.1 Å². The van der Waals surface area contributed by atoms with Crippen LogP contribution in [0.25, 0.3) is 0 Å². The van der Waals surface area contributed by atoms with Gasteiger partial charge < -0.3 is 13.8 Å². The summed E-state index contributed by atoms with van der Waals surface area (Å²) in [6.07, 6.45) is 6.63. The van der Waals surface area contributed by atoms with E-state index in [1.54, 1.807) is 4.90 Å². The van der Waals surface area contributed by atoms with Crippen molar-refractivity contribution in [1.29, 1.82) is 0 Å². The topological polar surface area (TPSA) is 97.6 Å². The molecule has 0 amide bonds. The number of aliphatic imine (C=N–C) groups is 2. The van der Waals surface area contributed by atoms with Crippen LogP contribution in [0.3, 0.4) is 0 Å². The van der Waals surface area contributed by atoms with Crippen LogP contribution in [0.1, 0.15) is 25.7 Å². The first kappa shape index (κ1) is 22.7. The van der Waals surface area contributed by atoms with Crippen LogP contribution in [-0.4, -0.2) is 57.4 Å². The van der Waals surface area contributed by atoms with Crippen molar-refractivity contribution in [2.24, 2.45) is 9.98 Å². The Bertz CT molecular complexity index is 882. The second kappa shape index (κ2) is 9.25. The zero-order valence-electron chi connectivity index (χ0n) is 15.6. The fourth-order valence-electron chi connectivity index (χ4n) is 2.68. The minimum atomic E-state index is -5.96. The van der Waals surface area contributed by atoms with Crippen LogP contribution in [0.4, 0.5) is 13.2 Å². The maximum atomic E-state index is 12.8. The van der Waals surface area contributed by atoms with E-state index in [-0.39, 0.29) is 23.5 Å². The molecule has 0 radical (unpaired) electrons. The molecule has 2 rings (SSSR count). The molecule has 1 aliphatic carbocycles. The second-order valence-corrected chi connectivity index (χ2v) is 7.65. The van der Waals surface area contributed by atoms with Gasteiger partial charge in [0.15, 0.2) is 5.82 Å². The second-order valence-electron chi connectivity index (χ2n) is 6.11. The number of allylic oxidation sites excluding steroid dienone is 2. The van der Waals surface area contributed by atoms with Gasteiger partial charge >= 0.3 is 21.6 Å². The van der Waals surface area contributed by atoms with Crippen LogP contribution in [0.15, 0.2) is 45.5 Å². The number of methoxy groups -OCH3 is 1. The number of halogens is 3. The highest BCUT2D eigenvalue weighted by atomic mass is 32.2. The molecule has 0 bridgehead atoms. The predicted molar refractivity (Wildman–Crippen MR) is 99.3 cm³/mol. The normalized spacial score (nSPS) is 20.1. The molecule has 1 aliphatic heterocycles. The lowest BCUT2D eigenvalue weighted by molar-refractivity contribution is -0.135. The van der Waals surface area contributed by atoms with E-state index in [1.807, 2.05) is 0 Å². The van der Waals surface area contributed by atoms with Crippen LogP contribution >= 0.6 is 0 Å². The highest BCUT2D eigenvalue weighted by Crippen LogP contribution is 2.30. The van der Waals surface area contributed by atoms with Gasteiger partial charge in [0.25, 0.3) is 5.88 Å². The Morgan fingerprint density at radius 1 is 1.21 bits per heavy atom. The maximum Gasteiger partial charge on any atom is 0.534 e. The summed E-state index contributed by atoms with van der Waals surface area (Å²) < 4.78 is 70.6. The number of carbonyl (C=O) groups excluding carboxylic acids is 1. The van der Waals surface area contributed by atoms with Gasteiger partial charge in [0.2, 0.25) is 0 Å². The Hall–Kier alpha value is -2.63. The van der Waals surface area contributed by atoms with Gasteiger partial charge in [-0.2, -0.15) is 21.6 Å². The molecule has 160 valence electrons. The molecule has 8 nitrogen and oxygen atoms in total. The number of hydrogen-bond donors (Lipinski definition) is 0. The van der Waals surface area contributed by atoms with E-state index in [0.717, 1.165) is 19.3 Å². The summed E-state index contributed by atoms with van der Waals surface area (Å²) >= 11 is 0. The van der Waals surface area contributed by atoms with Crippen molar-refractivity contribution in [2.45, 2.75) is 31.2 Å². The van der Waals surface area contributed by atoms with Gasteiger partial charge in [0.1, 0.15) is 0 Å². The number of ether oxygens (including phenoxy) is 1. The minimum absolute atomic E-state index is 0.0459. The third kappa shape index (κ3) is 5.68. The number of carbonyl (C=O) groups is 1. The summed E-state index contributed by atoms with van der Waals surface area (Å²) in [5.41, 5.74) is -5.23. The van der Waals surface area contributed by atoms with Crippen LogP contribution in [0.2, 0.25) is 0 Å². The van der Waals surface area contributed by atoms with Gasteiger partial charge in [-0.15, -0.1) is 0 Å². The molecular formula is C17H20F3N3O5S. The van der Waals surface area contributed by atoms with E-state index in [1.165, 1.54) is 25.3 Å². The van der Waals surface area contributed by atoms with Crippen LogP contribution in [0, 0.1) is 0 Å². The molecule has 1 heterocycles. The van der Waals surface area contributed by atoms with E-state index in [9.17, 15) is 26.4 Å². The molecule has 0 atom stereocenters. The lowest BCUT2D eigenvalue weighted by atomic mass is 10.1. The van der Waals surface area contributed by atoms with Gasteiger partial charge in [-0.3, -0.25) is 0 Å². The van der Waals surface area contributed by atoms with Crippen LogP contribution in [-0.2, 0) is 23.8 Å². The first-order valence-corrected chi connectivity index (χ1v) is 10.0. The summed E-state index contributed by atoms with van der Waals surface area (Å²) in [7, 11) is -4.76. The SMILES string of the molecule is C=N/C(=C(\N=C1\C=CC(C(=O)OC)=CC1)OS(=O)(=O)C(F)(F)F)N1CCCCC1. The van der Waals surface area contributed by atoms with Gasteiger partial charge in [-0.05, 0) is 38.1 Å². The number of likely N-dealkylation sites (tertiary alicyclic amines) is 1. The number of hydrogen-bond acceptors (Lipinski definition) is 8. The smallest absolute Gasteiger partial charge is 0.465 e. The molecule has 0 aromatic rings. The van der Waals surface area contributed by atoms with E-state index in [4.69, 9.17) is 0 Å². The van der Waals surface area contributed by atoms with E-state index in [2.05, 4.69) is 25.6 Å². The largest absolute Gasteiger partial charge is 0.534 e. The molecule has 0 unspecified atom stereocenters. The monoisotopic (exact) mass is 435 g/mol. The summed E-state index contributed by atoms with van der Waals surface area (Å²) in [4.78, 5) is 20.7. The Morgan fingerprint density at radius 2 is 1.86 bits per heavy atom. The molecule has 0 aromatic carbocycles. The highest BCUT2D eigenvalue weighted by molar-refractivity contribution is 7.87. The number of esters is 1. The van der Waals surface area contributed by atoms with Gasteiger partial charge in [-0.25, -0.2) is 14.8 Å². The van der Waals surface area contributed by atoms with Crippen molar-refractivity contribution < 1.29 is 35.3 Å². The molecule has 0 saturated carbocycles. The average Bonchev–Trinajstić information content (AvgIpc) is 2.68. The zero-order valence-corrected chi connectivity index (χ0v) is 16.4. The third-order valence-electron chi connectivity index (χ3n) is 4.12. The number of alkyl halides is 3. The van der Waals surface area contributed by atoms with Gasteiger partial charge in [0.05, 0.1) is 12.7 Å². The molecule has 1 fully saturated rings. The lowest BCUT2D eigenvalue weighted by Gasteiger charge is -2.29. The van der Waals surface area contributed by atoms with Crippen molar-refractivity contribution in [3.8, 4) is 0 Å². The highest BCUT2D eigenvalue weighted by Gasteiger charge is 2.49. The van der Waals surface area contributed by atoms with Crippen molar-refractivity contribution in [3.05, 3.63) is 35.5 Å². The Morgan fingerprint density at radius 3 is 2.34 bits per heavy atom. The lowest BCUT2D eigenvalue weighted by Crippen LogP contribution is -2.31. The fraction of sp³-hybridized carbons (Fsp3) is 0.471. The predicted octanol–water partition coefficient (Wildman–Crippen LogP) is 2.67. The Labute approximate surface area is 166 Å². The van der Waals surface area contributed by atoms with Crippen molar-refractivity contribution in [3.63, 3.8) is 0 Å². The van der Waals surface area contributed by atoms with Crippen molar-refractivity contribution in [1.82, 2.24) is 4.90 Å². The molecule has 12 heteroatoms. The molecule has 0 aromatic heterocycles. The number of nitrogens with zero attached hydrogens (tertiary/aromatic N) is 3. The molecule has 2 aliphatic rings. The maximum absolute atomic E-state index is 12.8. The molecule has 0 N–H and O–H groups in total. The molecular weight excluding hydrogens is 415 g/mol. The van der Waals surface area contributed by atoms with Crippen molar-refractivity contribution >= 4 is 28.5 Å². The average molecular weight is 435 g/mol. The molecule has 0 spiro atoms. The van der Waals surface area contributed by atoms with E-state index < -0.39 is 27.5 Å². The summed E-state index contributed by atoms with van der Waals surface area (Å²) in [6, 6.07) is 0. The zero-order chi connectivity index (χ0) is 21.7. The first-order chi connectivity index (χ1) is 13.6. The first-order valence-electron chi connectivity index (χ1n) is 8.60. The quantitative estimate of drug-likeness (QED) is 0.209. The molecule has 1 saturated heterocycles. The van der Waals surface area contributed by atoms with Gasteiger partial charge in [-0.1, -0.05) is 6.08 Å². The van der Waals surface area contributed by atoms with Crippen molar-refractivity contribution in [2.75, 3.05) is 20.2 Å². The molecule has 29 heavy (non-hydrogen) atoms. The standard InChI is InChI=1S/C17H20F3N3O5S/c1-21-14(23-10-4-3-5-11-23)15(28-29(25,26)17(18,19)20)22-13-8-6-12(7-9-13)16(24)27-2/h6-8H,1,3-5,9-11H2,2H3/b15-14-,22-13-. The van der Waals surface area contributed by atoms with E-state index >= 15 is 0 Å². The fourth-order valence-corrected chi connectivity index (χ4v) is 3.10. The third-order valence-corrected chi connectivity index (χ3v) is 5.07. The summed E-state index contributed by atoms with van der Waals surface area (Å²) in [5.74, 6) is -1.61.